The first kappa shape index (κ1) is 32.1. The highest BCUT2D eigenvalue weighted by atomic mass is 35.5. The van der Waals surface area contributed by atoms with Gasteiger partial charge in [0.1, 0.15) is 5.82 Å². The lowest BCUT2D eigenvalue weighted by atomic mass is 9.87. The van der Waals surface area contributed by atoms with Crippen LogP contribution in [-0.4, -0.2) is 93.9 Å². The predicted octanol–water partition coefficient (Wildman–Crippen LogP) is 4.87. The third-order valence-corrected chi connectivity index (χ3v) is 10.9. The minimum Gasteiger partial charge on any atom is -0.481 e. The molecule has 12 heteroatoms. The first-order valence-electron chi connectivity index (χ1n) is 16.5. The molecule has 1 aliphatic carbocycles. The van der Waals surface area contributed by atoms with Crippen molar-refractivity contribution in [2.24, 2.45) is 13.0 Å². The number of morpholine rings is 1. The number of halogens is 2. The number of fused-ring (bicyclic) bond motifs is 3. The van der Waals surface area contributed by atoms with Crippen LogP contribution >= 0.6 is 11.6 Å². The van der Waals surface area contributed by atoms with Crippen LogP contribution in [0.15, 0.2) is 42.6 Å². The van der Waals surface area contributed by atoms with Crippen LogP contribution in [0.1, 0.15) is 54.4 Å². The number of aromatic nitrogens is 1. The van der Waals surface area contributed by atoms with E-state index in [4.69, 9.17) is 21.1 Å². The van der Waals surface area contributed by atoms with E-state index in [1.54, 1.807) is 6.20 Å². The number of likely N-dealkylation sites (tertiary alicyclic amines) is 2. The number of carbonyl (C=O) groups excluding carboxylic acids is 2. The second-order valence-electron chi connectivity index (χ2n) is 13.5. The first-order valence-corrected chi connectivity index (χ1v) is 16.9. The molecule has 2 unspecified atom stereocenters. The Morgan fingerprint density at radius 2 is 1.87 bits per heavy atom. The van der Waals surface area contributed by atoms with E-state index in [-0.39, 0.29) is 58.8 Å². The van der Waals surface area contributed by atoms with Crippen molar-refractivity contribution in [1.82, 2.24) is 14.4 Å². The monoisotopic (exact) mass is 666 g/mol. The van der Waals surface area contributed by atoms with E-state index in [1.807, 2.05) is 40.8 Å². The van der Waals surface area contributed by atoms with Crippen LogP contribution in [0.5, 0.6) is 0 Å². The van der Waals surface area contributed by atoms with Crippen LogP contribution in [0, 0.1) is 11.7 Å². The fourth-order valence-corrected chi connectivity index (χ4v) is 8.23. The van der Waals surface area contributed by atoms with Crippen molar-refractivity contribution >= 4 is 46.0 Å². The maximum Gasteiger partial charge on any atom is 0.306 e. The zero-order valence-corrected chi connectivity index (χ0v) is 27.1. The summed E-state index contributed by atoms with van der Waals surface area (Å²) < 4.78 is 29.5. The predicted molar refractivity (Wildman–Crippen MR) is 174 cm³/mol. The van der Waals surface area contributed by atoms with Gasteiger partial charge in [0, 0.05) is 49.3 Å². The maximum atomic E-state index is 15.5. The van der Waals surface area contributed by atoms with E-state index in [0.29, 0.717) is 57.0 Å². The molecule has 0 radical (unpaired) electrons. The minimum atomic E-state index is -0.754. The molecule has 4 aliphatic rings. The zero-order valence-electron chi connectivity index (χ0n) is 26.4. The highest BCUT2D eigenvalue weighted by molar-refractivity contribution is 6.34. The number of anilines is 1. The van der Waals surface area contributed by atoms with Gasteiger partial charge in [-0.05, 0) is 62.3 Å². The average Bonchev–Trinajstić information content (AvgIpc) is 3.86. The Hall–Kier alpha value is -3.51. The molecule has 0 spiro atoms. The van der Waals surface area contributed by atoms with Gasteiger partial charge in [-0.3, -0.25) is 19.3 Å². The van der Waals surface area contributed by atoms with Gasteiger partial charge in [0.05, 0.1) is 60.1 Å². The maximum absolute atomic E-state index is 15.5. The molecule has 2 amide bonds. The molecule has 7 rings (SSSR count). The summed E-state index contributed by atoms with van der Waals surface area (Å²) in [5.41, 5.74) is 1.64. The lowest BCUT2D eigenvalue weighted by Crippen LogP contribution is -2.46. The molecule has 2 aromatic carbocycles. The van der Waals surface area contributed by atoms with Crippen LogP contribution < -0.4 is 5.32 Å². The van der Waals surface area contributed by atoms with E-state index in [1.165, 1.54) is 12.1 Å². The molecule has 1 saturated carbocycles. The van der Waals surface area contributed by atoms with Crippen LogP contribution in [0.2, 0.25) is 5.02 Å². The van der Waals surface area contributed by atoms with Gasteiger partial charge in [0.2, 0.25) is 5.91 Å². The highest BCUT2D eigenvalue weighted by Gasteiger charge is 2.47. The van der Waals surface area contributed by atoms with Crippen molar-refractivity contribution in [2.45, 2.75) is 75.3 Å². The van der Waals surface area contributed by atoms with Gasteiger partial charge >= 0.3 is 5.97 Å². The lowest BCUT2D eigenvalue weighted by Gasteiger charge is -2.32. The second-order valence-corrected chi connectivity index (χ2v) is 13.9. The highest BCUT2D eigenvalue weighted by Crippen LogP contribution is 2.36. The number of aliphatic carboxylic acids is 1. The summed E-state index contributed by atoms with van der Waals surface area (Å²) in [6, 6.07) is 10.5. The van der Waals surface area contributed by atoms with E-state index in [0.717, 1.165) is 30.3 Å². The Labute approximate surface area is 277 Å². The smallest absolute Gasteiger partial charge is 0.306 e. The summed E-state index contributed by atoms with van der Waals surface area (Å²) in [6.07, 6.45) is 6.05. The number of nitrogens with zero attached hydrogens (tertiary/aromatic N) is 3. The number of para-hydroxylation sites is 1. The van der Waals surface area contributed by atoms with E-state index in [9.17, 15) is 19.5 Å². The number of carboxylic acids is 1. The number of aryl methyl sites for hydroxylation is 1. The van der Waals surface area contributed by atoms with Crippen molar-refractivity contribution in [3.05, 3.63) is 64.6 Å². The SMILES string of the molecule is Cn1cc(C(=O)Nc2cc(F)c(CC(=O)N3C[C@@H](N4CC5CC4CO5)C[C@H]3COC3CCC(C(=O)O)CC3)cc2Cl)c2ccccc21. The largest absolute Gasteiger partial charge is 0.481 e. The molecule has 4 heterocycles. The number of ether oxygens (including phenoxy) is 2. The van der Waals surface area contributed by atoms with Crippen LogP contribution in [-0.2, 0) is 32.5 Å². The fraction of sp³-hybridized carbons (Fsp3) is 0.514. The van der Waals surface area contributed by atoms with Crippen molar-refractivity contribution in [2.75, 3.05) is 31.6 Å². The van der Waals surface area contributed by atoms with Gasteiger partial charge in [0.15, 0.2) is 0 Å². The molecular weight excluding hydrogens is 627 g/mol. The summed E-state index contributed by atoms with van der Waals surface area (Å²) in [7, 11) is 1.85. The van der Waals surface area contributed by atoms with Gasteiger partial charge in [-0.2, -0.15) is 0 Å². The van der Waals surface area contributed by atoms with Crippen molar-refractivity contribution < 1.29 is 33.4 Å². The summed E-state index contributed by atoms with van der Waals surface area (Å²) in [6.45, 7) is 2.43. The van der Waals surface area contributed by atoms with E-state index in [2.05, 4.69) is 10.2 Å². The molecule has 4 fully saturated rings. The first-order chi connectivity index (χ1) is 22.6. The summed E-state index contributed by atoms with van der Waals surface area (Å²) >= 11 is 6.55. The zero-order chi connectivity index (χ0) is 32.8. The fourth-order valence-electron chi connectivity index (χ4n) is 7.99. The summed E-state index contributed by atoms with van der Waals surface area (Å²) in [5, 5.41) is 13.0. The van der Waals surface area contributed by atoms with Gasteiger partial charge in [-0.1, -0.05) is 29.8 Å². The molecule has 2 N–H and O–H groups in total. The number of hydrogen-bond donors (Lipinski definition) is 2. The molecule has 2 bridgehead atoms. The Kier molecular flexibility index (Phi) is 8.99. The molecule has 1 aromatic heterocycles. The second kappa shape index (κ2) is 13.2. The molecule has 250 valence electrons. The minimum absolute atomic E-state index is 0.0364. The summed E-state index contributed by atoms with van der Waals surface area (Å²) in [5.74, 6) is -2.32. The quantitative estimate of drug-likeness (QED) is 0.335. The van der Waals surface area contributed by atoms with Crippen LogP contribution in [0.3, 0.4) is 0 Å². The third kappa shape index (κ3) is 6.50. The van der Waals surface area contributed by atoms with Crippen LogP contribution in [0.25, 0.3) is 10.9 Å². The van der Waals surface area contributed by atoms with Gasteiger partial charge in [0.25, 0.3) is 5.91 Å². The molecule has 3 aliphatic heterocycles. The number of amides is 2. The Morgan fingerprint density at radius 3 is 2.60 bits per heavy atom. The summed E-state index contributed by atoms with van der Waals surface area (Å²) in [4.78, 5) is 42.7. The normalized spacial score (nSPS) is 27.5. The topological polar surface area (TPSA) is 113 Å². The number of carboxylic acid groups (broad SMARTS) is 1. The number of hydrogen-bond acceptors (Lipinski definition) is 6. The Morgan fingerprint density at radius 1 is 1.09 bits per heavy atom. The lowest BCUT2D eigenvalue weighted by molar-refractivity contribution is -0.144. The number of benzene rings is 2. The standard InChI is InChI=1S/C35H40ClFN4O6/c1-39-17-28(27-4-2-3-5-32(27)39)34(43)38-31-14-30(37)21(10-29(31)36)11-33(42)41-15-22(40-16-26-13-24(40)19-47-26)12-23(41)18-46-25-8-6-20(7-9-25)35(44)45/h2-5,10,14,17,20,22-26H,6-9,11-13,15-16,18-19H2,1H3,(H,38,43)(H,44,45)/t20?,22-,23-,24?,25?,26?/m0/s1. The van der Waals surface area contributed by atoms with Crippen LogP contribution in [0.4, 0.5) is 10.1 Å². The van der Waals surface area contributed by atoms with Gasteiger partial charge in [-0.25, -0.2) is 4.39 Å². The molecule has 10 nitrogen and oxygen atoms in total. The third-order valence-electron chi connectivity index (χ3n) is 10.5. The van der Waals surface area contributed by atoms with E-state index >= 15 is 4.39 Å². The van der Waals surface area contributed by atoms with Gasteiger partial charge in [-0.15, -0.1) is 0 Å². The Balaban J connectivity index is 1.03. The number of rotatable bonds is 9. The average molecular weight is 667 g/mol. The molecular formula is C35H40ClFN4O6. The number of nitrogens with one attached hydrogen (secondary N) is 1. The molecule has 4 atom stereocenters. The molecule has 3 aromatic rings. The molecule has 47 heavy (non-hydrogen) atoms. The molecule has 3 saturated heterocycles. The van der Waals surface area contributed by atoms with Crippen molar-refractivity contribution in [1.29, 1.82) is 0 Å². The van der Waals surface area contributed by atoms with E-state index < -0.39 is 17.7 Å². The Bertz CT molecular complexity index is 1690. The number of carbonyl (C=O) groups is 3. The van der Waals surface area contributed by atoms with Crippen molar-refractivity contribution in [3.63, 3.8) is 0 Å². The van der Waals surface area contributed by atoms with Crippen molar-refractivity contribution in [3.8, 4) is 0 Å². The van der Waals surface area contributed by atoms with Gasteiger partial charge < -0.3 is 29.4 Å².